The van der Waals surface area contributed by atoms with Gasteiger partial charge >= 0.3 is 6.09 Å². The fourth-order valence-corrected chi connectivity index (χ4v) is 4.08. The van der Waals surface area contributed by atoms with E-state index in [0.29, 0.717) is 30.3 Å². The molecule has 3 N–H and O–H groups in total. The fraction of sp³-hybridized carbons (Fsp3) is 0.294. The van der Waals surface area contributed by atoms with Gasteiger partial charge in [0.2, 0.25) is 0 Å². The molecule has 0 aliphatic rings. The topological polar surface area (TPSA) is 83.2 Å². The van der Waals surface area contributed by atoms with Gasteiger partial charge in [-0.05, 0) is 63.4 Å². The van der Waals surface area contributed by atoms with E-state index in [2.05, 4.69) is 45.4 Å². The largest absolute Gasteiger partial charge is 0.443 e. The zero-order valence-electron chi connectivity index (χ0n) is 24.9. The van der Waals surface area contributed by atoms with E-state index in [1.807, 2.05) is 89.2 Å². The maximum Gasteiger partial charge on any atom is 0.414 e. The zero-order valence-corrected chi connectivity index (χ0v) is 24.9. The summed E-state index contributed by atoms with van der Waals surface area (Å²) in [5.41, 5.74) is 12.3. The molecule has 0 aromatic heterocycles. The van der Waals surface area contributed by atoms with E-state index in [9.17, 15) is 4.79 Å². The molecule has 3 aromatic rings. The molecule has 7 heteroatoms. The first kappa shape index (κ1) is 30.8. The predicted molar refractivity (Wildman–Crippen MR) is 170 cm³/mol. The highest BCUT2D eigenvalue weighted by molar-refractivity contribution is 6.08. The molecule has 0 aliphatic heterocycles. The molecule has 3 rings (SSSR count). The van der Waals surface area contributed by atoms with Crippen LogP contribution in [0, 0.1) is 19.3 Å². The number of ether oxygens (including phenoxy) is 1. The summed E-state index contributed by atoms with van der Waals surface area (Å²) in [6, 6.07) is 26.2. The summed E-state index contributed by atoms with van der Waals surface area (Å²) in [5.74, 6) is 3.04. The number of carbonyl (C=O) groups is 1. The summed E-state index contributed by atoms with van der Waals surface area (Å²) in [6.07, 6.45) is 5.13. The van der Waals surface area contributed by atoms with Crippen molar-refractivity contribution in [2.45, 2.75) is 53.3 Å². The number of hydrogen-bond acceptors (Lipinski definition) is 5. The highest BCUT2D eigenvalue weighted by atomic mass is 16.6. The number of hydrogen-bond donors (Lipinski definition) is 2. The van der Waals surface area contributed by atoms with Gasteiger partial charge in [0, 0.05) is 37.2 Å². The van der Waals surface area contributed by atoms with Gasteiger partial charge in [0.1, 0.15) is 12.1 Å². The number of terminal acetylenes is 1. The Balaban J connectivity index is 1.97. The monoisotopic (exact) mass is 551 g/mol. The third kappa shape index (κ3) is 9.18. The Kier molecular flexibility index (Phi) is 10.6. The van der Waals surface area contributed by atoms with Crippen molar-refractivity contribution in [3.8, 4) is 12.3 Å². The number of amidine groups is 1. The average molecular weight is 552 g/mol. The number of carbonyl (C=O) groups excluding carboxylic acids is 1. The maximum absolute atomic E-state index is 12.7. The Morgan fingerprint density at radius 3 is 2.07 bits per heavy atom. The van der Waals surface area contributed by atoms with Crippen molar-refractivity contribution in [1.82, 2.24) is 4.90 Å². The van der Waals surface area contributed by atoms with Crippen LogP contribution in [0.5, 0.6) is 0 Å². The molecule has 0 bridgehead atoms. The summed E-state index contributed by atoms with van der Waals surface area (Å²) in [4.78, 5) is 21.0. The number of aryl methyl sites for hydroxylation is 1. The fourth-order valence-electron chi connectivity index (χ4n) is 4.08. The van der Waals surface area contributed by atoms with Gasteiger partial charge in [-0.1, -0.05) is 72.7 Å². The molecular formula is C34H41N5O2. The second-order valence-electron chi connectivity index (χ2n) is 10.9. The third-order valence-electron chi connectivity index (χ3n) is 6.41. The molecule has 1 amide bonds. The number of aliphatic imine (C=N–C) groups is 1. The molecule has 0 radical (unpaired) electrons. The lowest BCUT2D eigenvalue weighted by Gasteiger charge is -2.28. The molecule has 0 aliphatic carbocycles. The second-order valence-corrected chi connectivity index (χ2v) is 10.9. The normalized spacial score (nSPS) is 12.2. The van der Waals surface area contributed by atoms with Crippen molar-refractivity contribution in [2.75, 3.05) is 23.8 Å². The van der Waals surface area contributed by atoms with Crippen LogP contribution in [-0.4, -0.2) is 36.0 Å². The zero-order chi connectivity index (χ0) is 30.0. The summed E-state index contributed by atoms with van der Waals surface area (Å²) in [5, 5.41) is 3.39. The van der Waals surface area contributed by atoms with Crippen molar-refractivity contribution < 1.29 is 9.53 Å². The van der Waals surface area contributed by atoms with Crippen LogP contribution < -0.4 is 16.0 Å². The predicted octanol–water partition coefficient (Wildman–Crippen LogP) is 6.70. The third-order valence-corrected chi connectivity index (χ3v) is 6.41. The van der Waals surface area contributed by atoms with E-state index in [0.717, 1.165) is 16.9 Å². The van der Waals surface area contributed by atoms with E-state index in [1.165, 1.54) is 16.0 Å². The van der Waals surface area contributed by atoms with Gasteiger partial charge in [-0.15, -0.1) is 6.42 Å². The highest BCUT2D eigenvalue weighted by Gasteiger charge is 2.21. The molecule has 0 spiro atoms. The molecule has 0 heterocycles. The van der Waals surface area contributed by atoms with Crippen LogP contribution in [0.4, 0.5) is 16.2 Å². The average Bonchev–Trinajstić information content (AvgIpc) is 2.95. The van der Waals surface area contributed by atoms with Gasteiger partial charge in [0.25, 0.3) is 0 Å². The lowest BCUT2D eigenvalue weighted by molar-refractivity contribution is 0.0589. The summed E-state index contributed by atoms with van der Waals surface area (Å²) < 4.78 is 5.54. The first-order valence-electron chi connectivity index (χ1n) is 13.6. The Labute approximate surface area is 244 Å². The molecule has 214 valence electrons. The number of amides is 1. The Morgan fingerprint density at radius 1 is 1.00 bits per heavy atom. The number of allylic oxidation sites excluding steroid dienone is 1. The van der Waals surface area contributed by atoms with Gasteiger partial charge in [0.15, 0.2) is 5.84 Å². The van der Waals surface area contributed by atoms with Crippen LogP contribution in [0.1, 0.15) is 44.4 Å². The van der Waals surface area contributed by atoms with Crippen LogP contribution in [0.25, 0.3) is 0 Å². The summed E-state index contributed by atoms with van der Waals surface area (Å²) in [7, 11) is 1.68. The van der Waals surface area contributed by atoms with Crippen molar-refractivity contribution in [2.24, 2.45) is 10.7 Å². The molecule has 0 fully saturated rings. The first-order valence-corrected chi connectivity index (χ1v) is 13.6. The van der Waals surface area contributed by atoms with Crippen molar-refractivity contribution in [3.05, 3.63) is 107 Å². The molecule has 0 unspecified atom stereocenters. The van der Waals surface area contributed by atoms with Crippen LogP contribution in [0.3, 0.4) is 0 Å². The quantitative estimate of drug-likeness (QED) is 0.176. The van der Waals surface area contributed by atoms with Crippen LogP contribution in [0.15, 0.2) is 95.2 Å². The summed E-state index contributed by atoms with van der Waals surface area (Å²) >= 11 is 0. The number of nitrogens with one attached hydrogen (secondary N) is 1. The number of rotatable bonds is 9. The molecule has 3 aromatic carbocycles. The Morgan fingerprint density at radius 2 is 1.56 bits per heavy atom. The first-order chi connectivity index (χ1) is 19.5. The number of nitrogens with two attached hydrogens (primary N) is 1. The minimum absolute atomic E-state index is 0.157. The second kappa shape index (κ2) is 14.1. The smallest absolute Gasteiger partial charge is 0.414 e. The SMILES string of the molecule is C#CC/N=C(Nc1cc(N(C)C(=O)OC(C)(C)C)ccc1C)\C(N)=C(/C)N(Cc1ccccc1)Cc1ccccc1. The highest BCUT2D eigenvalue weighted by Crippen LogP contribution is 2.25. The maximum atomic E-state index is 12.7. The van der Waals surface area contributed by atoms with Crippen molar-refractivity contribution >= 4 is 23.3 Å². The molecule has 7 nitrogen and oxygen atoms in total. The standard InChI is InChI=1S/C34H41N5O2/c1-8-21-36-32(37-30-22-29(20-19-25(30)2)38(7)33(40)41-34(4,5)6)31(35)26(3)39(23-27-15-11-9-12-16-27)24-28-17-13-10-14-18-28/h1,9-20,22H,21,23-24,35H2,2-7H3,(H,36,37)/b31-26-. The number of benzene rings is 3. The van der Waals surface area contributed by atoms with Gasteiger partial charge in [-0.2, -0.15) is 0 Å². The minimum Gasteiger partial charge on any atom is -0.443 e. The minimum atomic E-state index is -0.603. The summed E-state index contributed by atoms with van der Waals surface area (Å²) in [6.45, 7) is 11.0. The van der Waals surface area contributed by atoms with E-state index < -0.39 is 11.7 Å². The van der Waals surface area contributed by atoms with Gasteiger partial charge in [-0.25, -0.2) is 4.79 Å². The molecule has 0 saturated carbocycles. The van der Waals surface area contributed by atoms with E-state index >= 15 is 0 Å². The van der Waals surface area contributed by atoms with Crippen LogP contribution >= 0.6 is 0 Å². The molecule has 0 saturated heterocycles. The molecule has 0 atom stereocenters. The van der Waals surface area contributed by atoms with E-state index in [1.54, 1.807) is 7.05 Å². The Bertz CT molecular complexity index is 1380. The molecular weight excluding hydrogens is 510 g/mol. The van der Waals surface area contributed by atoms with Crippen LogP contribution in [0.2, 0.25) is 0 Å². The van der Waals surface area contributed by atoms with Crippen molar-refractivity contribution in [3.63, 3.8) is 0 Å². The van der Waals surface area contributed by atoms with E-state index in [-0.39, 0.29) is 6.54 Å². The lowest BCUT2D eigenvalue weighted by atomic mass is 10.1. The van der Waals surface area contributed by atoms with Gasteiger partial charge in [-0.3, -0.25) is 9.89 Å². The van der Waals surface area contributed by atoms with Gasteiger partial charge in [0.05, 0.1) is 5.70 Å². The van der Waals surface area contributed by atoms with Crippen molar-refractivity contribution in [1.29, 1.82) is 0 Å². The van der Waals surface area contributed by atoms with Gasteiger partial charge < -0.3 is 20.7 Å². The van der Waals surface area contributed by atoms with E-state index in [4.69, 9.17) is 16.9 Å². The lowest BCUT2D eigenvalue weighted by Crippen LogP contribution is -2.34. The Hall–Kier alpha value is -4.70. The molecule has 41 heavy (non-hydrogen) atoms. The van der Waals surface area contributed by atoms with Crippen LogP contribution in [-0.2, 0) is 17.8 Å². The number of anilines is 2. The number of nitrogens with zero attached hydrogens (tertiary/aromatic N) is 3.